The number of rotatable bonds is 11. The molecular weight excluding hydrogens is 632 g/mol. The molecule has 0 bridgehead atoms. The highest BCUT2D eigenvalue weighted by atomic mass is 19.4. The lowest BCUT2D eigenvalue weighted by molar-refractivity contribution is -0.146. The van der Waals surface area contributed by atoms with Gasteiger partial charge in [0.15, 0.2) is 17.7 Å². The second-order valence-corrected chi connectivity index (χ2v) is 10.8. The third kappa shape index (κ3) is 8.82. The molecule has 1 aliphatic carbocycles. The molecular formula is C34H27F6NO6. The van der Waals surface area contributed by atoms with Crippen molar-refractivity contribution in [3.8, 4) is 11.1 Å². The van der Waals surface area contributed by atoms with Gasteiger partial charge in [-0.2, -0.15) is 26.3 Å². The molecule has 1 unspecified atom stereocenters. The monoisotopic (exact) mass is 659 g/mol. The molecule has 3 aromatic carbocycles. The zero-order valence-electron chi connectivity index (χ0n) is 24.4. The number of hydrogen-bond acceptors (Lipinski definition) is 5. The molecule has 246 valence electrons. The Hall–Kier alpha value is -5.04. The first-order valence-electron chi connectivity index (χ1n) is 14.2. The smallest absolute Gasteiger partial charge is 0.416 e. The van der Waals surface area contributed by atoms with Crippen molar-refractivity contribution in [1.82, 2.24) is 5.32 Å². The molecule has 3 aromatic rings. The lowest BCUT2D eigenvalue weighted by Crippen LogP contribution is -2.37. The number of alkyl halides is 6. The standard InChI is InChI=1S/C34H27F6NO6/c35-33(36,37)25-14-24(15-26(16-25)34(38,39)40)28(42)17-27(21-8-6-20(7-9-21)19-4-2-1-3-5-19)30(44)22-10-12-23(13-11-22)31(45)41-18-29(43)32(46)47/h1-10,12,14-16,27,29,43H,11,13,17-18H2,(H,41,45)(H,46,47)/t27?,29-/m1/s1. The van der Waals surface area contributed by atoms with Crippen LogP contribution in [0.25, 0.3) is 11.1 Å². The molecule has 0 saturated heterocycles. The van der Waals surface area contributed by atoms with Gasteiger partial charge >= 0.3 is 18.3 Å². The number of amides is 1. The predicted octanol–water partition coefficient (Wildman–Crippen LogP) is 6.53. The van der Waals surface area contributed by atoms with Crippen LogP contribution in [0.4, 0.5) is 26.3 Å². The molecule has 7 nitrogen and oxygen atoms in total. The SMILES string of the molecule is O=C(NC[C@@H](O)C(=O)O)C1=CC=C(C(=O)C(CC(=O)c2cc(C(F)(F)F)cc(C(F)(F)F)c2)c2ccc(-c3ccccc3)cc2)CC1. The van der Waals surface area contributed by atoms with Crippen LogP contribution in [0.3, 0.4) is 0 Å². The van der Waals surface area contributed by atoms with Gasteiger partial charge in [0.1, 0.15) is 0 Å². The number of carboxylic acids is 1. The largest absolute Gasteiger partial charge is 0.479 e. The van der Waals surface area contributed by atoms with Gasteiger partial charge in [0.2, 0.25) is 5.91 Å². The number of aliphatic hydroxyl groups is 1. The number of nitrogens with one attached hydrogen (secondary N) is 1. The van der Waals surface area contributed by atoms with E-state index >= 15 is 0 Å². The lowest BCUT2D eigenvalue weighted by Gasteiger charge is -2.21. The quantitative estimate of drug-likeness (QED) is 0.159. The minimum atomic E-state index is -5.17. The Morgan fingerprint density at radius 3 is 1.79 bits per heavy atom. The van der Waals surface area contributed by atoms with Crippen molar-refractivity contribution in [1.29, 1.82) is 0 Å². The number of aliphatic carboxylic acids is 1. The fraction of sp³-hybridized carbons (Fsp3) is 0.235. The summed E-state index contributed by atoms with van der Waals surface area (Å²) in [7, 11) is 0. The first-order chi connectivity index (χ1) is 22.0. The highest BCUT2D eigenvalue weighted by Gasteiger charge is 2.38. The third-order valence-corrected chi connectivity index (χ3v) is 7.53. The van der Waals surface area contributed by atoms with Crippen molar-refractivity contribution < 1.29 is 55.7 Å². The molecule has 0 aliphatic heterocycles. The number of Topliss-reactive ketones (excluding diaryl/α,β-unsaturated/α-hetero) is 2. The molecule has 0 radical (unpaired) electrons. The summed E-state index contributed by atoms with van der Waals surface area (Å²) in [5, 5.41) is 20.4. The van der Waals surface area contributed by atoms with Crippen molar-refractivity contribution in [2.45, 2.75) is 43.6 Å². The second-order valence-electron chi connectivity index (χ2n) is 10.8. The van der Waals surface area contributed by atoms with E-state index in [4.69, 9.17) is 5.11 Å². The highest BCUT2D eigenvalue weighted by molar-refractivity contribution is 6.07. The van der Waals surface area contributed by atoms with E-state index < -0.39 is 77.5 Å². The van der Waals surface area contributed by atoms with E-state index in [0.717, 1.165) is 11.1 Å². The molecule has 0 heterocycles. The number of ketones is 2. The average molecular weight is 660 g/mol. The van der Waals surface area contributed by atoms with Crippen LogP contribution in [0.1, 0.15) is 52.2 Å². The van der Waals surface area contributed by atoms with Gasteiger partial charge in [0.05, 0.1) is 23.6 Å². The number of carbonyl (C=O) groups excluding carboxylic acids is 3. The summed E-state index contributed by atoms with van der Waals surface area (Å²) in [6.07, 6.45) is -10.3. The van der Waals surface area contributed by atoms with Gasteiger partial charge in [-0.25, -0.2) is 4.79 Å². The topological polar surface area (TPSA) is 121 Å². The summed E-state index contributed by atoms with van der Waals surface area (Å²) < 4.78 is 80.8. The van der Waals surface area contributed by atoms with Crippen molar-refractivity contribution in [2.24, 2.45) is 0 Å². The van der Waals surface area contributed by atoms with Crippen LogP contribution in [-0.2, 0) is 26.7 Å². The van der Waals surface area contributed by atoms with Gasteiger partial charge in [0, 0.05) is 17.6 Å². The molecule has 0 aromatic heterocycles. The zero-order valence-corrected chi connectivity index (χ0v) is 24.4. The molecule has 4 rings (SSSR count). The summed E-state index contributed by atoms with van der Waals surface area (Å²) in [6.45, 7) is -0.560. The Morgan fingerprint density at radius 2 is 1.28 bits per heavy atom. The Bertz CT molecular complexity index is 1690. The summed E-state index contributed by atoms with van der Waals surface area (Å²) in [4.78, 5) is 50.4. The number of benzene rings is 3. The number of allylic oxidation sites excluding steroid dienone is 3. The summed E-state index contributed by atoms with van der Waals surface area (Å²) in [6, 6.07) is 16.1. The zero-order chi connectivity index (χ0) is 34.5. The van der Waals surface area contributed by atoms with Crippen LogP contribution in [0, 0.1) is 0 Å². The van der Waals surface area contributed by atoms with Crippen LogP contribution >= 0.6 is 0 Å². The summed E-state index contributed by atoms with van der Waals surface area (Å²) in [5.41, 5.74) is -1.97. The maximum absolute atomic E-state index is 13.8. The van der Waals surface area contributed by atoms with E-state index in [1.807, 2.05) is 30.3 Å². The van der Waals surface area contributed by atoms with Gasteiger partial charge in [-0.1, -0.05) is 66.7 Å². The van der Waals surface area contributed by atoms with Gasteiger partial charge < -0.3 is 15.5 Å². The molecule has 0 saturated carbocycles. The molecule has 47 heavy (non-hydrogen) atoms. The number of halogens is 6. The van der Waals surface area contributed by atoms with Crippen LogP contribution in [0.2, 0.25) is 0 Å². The van der Waals surface area contributed by atoms with Crippen molar-refractivity contribution in [3.05, 3.63) is 118 Å². The van der Waals surface area contributed by atoms with Crippen LogP contribution in [0.5, 0.6) is 0 Å². The van der Waals surface area contributed by atoms with Crippen molar-refractivity contribution >= 4 is 23.4 Å². The van der Waals surface area contributed by atoms with Gasteiger partial charge in [-0.05, 0) is 53.3 Å². The average Bonchev–Trinajstić information content (AvgIpc) is 3.05. The minimum absolute atomic E-state index is 0.00581. The van der Waals surface area contributed by atoms with Gasteiger partial charge in [-0.3, -0.25) is 14.4 Å². The molecule has 3 N–H and O–H groups in total. The number of carbonyl (C=O) groups is 4. The summed E-state index contributed by atoms with van der Waals surface area (Å²) >= 11 is 0. The van der Waals surface area contributed by atoms with E-state index in [1.54, 1.807) is 24.3 Å². The fourth-order valence-corrected chi connectivity index (χ4v) is 4.97. The minimum Gasteiger partial charge on any atom is -0.479 e. The first-order valence-corrected chi connectivity index (χ1v) is 14.2. The van der Waals surface area contributed by atoms with Gasteiger partial charge in [0.25, 0.3) is 0 Å². The molecule has 1 amide bonds. The van der Waals surface area contributed by atoms with Crippen LogP contribution in [-0.4, -0.2) is 46.3 Å². The number of hydrogen-bond donors (Lipinski definition) is 3. The molecule has 13 heteroatoms. The highest BCUT2D eigenvalue weighted by Crippen LogP contribution is 2.38. The first kappa shape index (κ1) is 34.8. The summed E-state index contributed by atoms with van der Waals surface area (Å²) in [5.74, 6) is -5.24. The Morgan fingerprint density at radius 1 is 0.745 bits per heavy atom. The maximum atomic E-state index is 13.8. The Labute approximate surface area is 264 Å². The molecule has 2 atom stereocenters. The van der Waals surface area contributed by atoms with E-state index in [9.17, 15) is 50.6 Å². The normalized spacial score (nSPS) is 14.8. The van der Waals surface area contributed by atoms with E-state index in [1.165, 1.54) is 12.2 Å². The second kappa shape index (κ2) is 14.2. The Kier molecular flexibility index (Phi) is 10.5. The van der Waals surface area contributed by atoms with Crippen LogP contribution in [0.15, 0.2) is 96.1 Å². The Balaban J connectivity index is 1.67. The predicted molar refractivity (Wildman–Crippen MR) is 157 cm³/mol. The van der Waals surface area contributed by atoms with Crippen LogP contribution < -0.4 is 5.32 Å². The van der Waals surface area contributed by atoms with Crippen molar-refractivity contribution in [3.63, 3.8) is 0 Å². The number of aliphatic hydroxyl groups excluding tert-OH is 1. The van der Waals surface area contributed by atoms with E-state index in [0.29, 0.717) is 17.7 Å². The third-order valence-electron chi connectivity index (χ3n) is 7.53. The van der Waals surface area contributed by atoms with Crippen molar-refractivity contribution in [2.75, 3.05) is 6.54 Å². The number of carboxylic acid groups (broad SMARTS) is 1. The van der Waals surface area contributed by atoms with E-state index in [-0.39, 0.29) is 30.1 Å². The molecule has 1 aliphatic rings. The lowest BCUT2D eigenvalue weighted by atomic mass is 9.82. The van der Waals surface area contributed by atoms with Gasteiger partial charge in [-0.15, -0.1) is 0 Å². The molecule has 0 spiro atoms. The fourth-order valence-electron chi connectivity index (χ4n) is 4.97. The maximum Gasteiger partial charge on any atom is 0.416 e. The van der Waals surface area contributed by atoms with E-state index in [2.05, 4.69) is 5.32 Å². The molecule has 0 fully saturated rings.